The average molecular weight is 397 g/mol. The Morgan fingerprint density at radius 3 is 2.58 bits per heavy atom. The van der Waals surface area contributed by atoms with Crippen LogP contribution in [0.25, 0.3) is 0 Å². The van der Waals surface area contributed by atoms with Gasteiger partial charge in [0.05, 0.1) is 4.90 Å². The Balaban J connectivity index is 0.00000243. The molecule has 2 aromatic carbocycles. The van der Waals surface area contributed by atoms with Gasteiger partial charge >= 0.3 is 0 Å². The molecular formula is C19H25ClN2O3S. The molecular weight excluding hydrogens is 372 g/mol. The Labute approximate surface area is 161 Å². The van der Waals surface area contributed by atoms with Crippen LogP contribution >= 0.6 is 12.4 Å². The van der Waals surface area contributed by atoms with Gasteiger partial charge < -0.3 is 10.1 Å². The summed E-state index contributed by atoms with van der Waals surface area (Å²) in [4.78, 5) is 0.258. The molecule has 0 aromatic heterocycles. The van der Waals surface area contributed by atoms with Crippen molar-refractivity contribution in [1.29, 1.82) is 0 Å². The molecule has 0 aliphatic carbocycles. The molecule has 1 unspecified atom stereocenters. The Morgan fingerprint density at radius 2 is 1.92 bits per heavy atom. The number of hydrogen-bond donors (Lipinski definition) is 2. The SMILES string of the molecule is Cc1cccc(Oc2ccc(S(=O)(=O)NCCC3CCNC3)cc2)c1.Cl. The van der Waals surface area contributed by atoms with Crippen molar-refractivity contribution in [2.45, 2.75) is 24.7 Å². The van der Waals surface area contributed by atoms with Gasteiger partial charge in [-0.2, -0.15) is 0 Å². The number of nitrogens with one attached hydrogen (secondary N) is 2. The lowest BCUT2D eigenvalue weighted by molar-refractivity contribution is 0.481. The molecule has 1 aliphatic rings. The Morgan fingerprint density at radius 1 is 1.15 bits per heavy atom. The van der Waals surface area contributed by atoms with Gasteiger partial charge in [-0.3, -0.25) is 0 Å². The van der Waals surface area contributed by atoms with Crippen LogP contribution in [0.1, 0.15) is 18.4 Å². The van der Waals surface area contributed by atoms with Crippen LogP contribution in [-0.2, 0) is 10.0 Å². The van der Waals surface area contributed by atoms with E-state index in [2.05, 4.69) is 10.0 Å². The van der Waals surface area contributed by atoms with Crippen molar-refractivity contribution in [3.63, 3.8) is 0 Å². The summed E-state index contributed by atoms with van der Waals surface area (Å²) in [6, 6.07) is 14.2. The van der Waals surface area contributed by atoms with E-state index in [1.807, 2.05) is 31.2 Å². The number of aryl methyl sites for hydroxylation is 1. The molecule has 0 radical (unpaired) electrons. The normalized spacial score (nSPS) is 16.9. The van der Waals surface area contributed by atoms with Crippen LogP contribution in [0.5, 0.6) is 11.5 Å². The molecule has 26 heavy (non-hydrogen) atoms. The molecule has 1 atom stereocenters. The number of benzene rings is 2. The minimum Gasteiger partial charge on any atom is -0.457 e. The molecule has 1 heterocycles. The predicted molar refractivity (Wildman–Crippen MR) is 106 cm³/mol. The number of sulfonamides is 1. The van der Waals surface area contributed by atoms with E-state index >= 15 is 0 Å². The fourth-order valence-electron chi connectivity index (χ4n) is 2.94. The second-order valence-corrected chi connectivity index (χ2v) is 8.20. The van der Waals surface area contributed by atoms with Gasteiger partial charge in [0, 0.05) is 6.54 Å². The van der Waals surface area contributed by atoms with Gasteiger partial charge in [0.15, 0.2) is 0 Å². The third-order valence-corrected chi connectivity index (χ3v) is 5.84. The van der Waals surface area contributed by atoms with E-state index in [-0.39, 0.29) is 17.3 Å². The Kier molecular flexibility index (Phi) is 7.46. The first-order valence-electron chi connectivity index (χ1n) is 8.58. The van der Waals surface area contributed by atoms with E-state index in [0.29, 0.717) is 18.2 Å². The number of hydrogen-bond acceptors (Lipinski definition) is 4. The zero-order valence-electron chi connectivity index (χ0n) is 14.8. The van der Waals surface area contributed by atoms with E-state index in [1.54, 1.807) is 24.3 Å². The van der Waals surface area contributed by atoms with E-state index in [0.717, 1.165) is 37.2 Å². The van der Waals surface area contributed by atoms with Gasteiger partial charge in [-0.1, -0.05) is 12.1 Å². The highest BCUT2D eigenvalue weighted by molar-refractivity contribution is 7.89. The topological polar surface area (TPSA) is 67.4 Å². The third kappa shape index (κ3) is 5.71. The minimum atomic E-state index is -3.47. The van der Waals surface area contributed by atoms with Crippen LogP contribution in [-0.4, -0.2) is 28.1 Å². The van der Waals surface area contributed by atoms with E-state index in [1.165, 1.54) is 0 Å². The number of ether oxygens (including phenoxy) is 1. The summed E-state index contributed by atoms with van der Waals surface area (Å²) in [7, 11) is -3.47. The monoisotopic (exact) mass is 396 g/mol. The summed E-state index contributed by atoms with van der Waals surface area (Å²) in [5.74, 6) is 1.91. The fraction of sp³-hybridized carbons (Fsp3) is 0.368. The highest BCUT2D eigenvalue weighted by Crippen LogP contribution is 2.23. The van der Waals surface area contributed by atoms with Gasteiger partial charge in [0.25, 0.3) is 0 Å². The largest absolute Gasteiger partial charge is 0.457 e. The van der Waals surface area contributed by atoms with E-state index in [4.69, 9.17) is 4.74 Å². The minimum absolute atomic E-state index is 0. The lowest BCUT2D eigenvalue weighted by Gasteiger charge is -2.11. The van der Waals surface area contributed by atoms with Crippen LogP contribution in [0.2, 0.25) is 0 Å². The van der Waals surface area contributed by atoms with Crippen molar-refractivity contribution in [2.75, 3.05) is 19.6 Å². The first kappa shape index (κ1) is 20.7. The summed E-state index contributed by atoms with van der Waals surface area (Å²) in [6.45, 7) is 4.47. The third-order valence-electron chi connectivity index (χ3n) is 4.37. The molecule has 5 nitrogen and oxygen atoms in total. The average Bonchev–Trinajstić information content (AvgIpc) is 3.09. The quantitative estimate of drug-likeness (QED) is 0.751. The maximum atomic E-state index is 12.4. The van der Waals surface area contributed by atoms with Crippen LogP contribution in [0.3, 0.4) is 0 Å². The predicted octanol–water partition coefficient (Wildman–Crippen LogP) is 3.49. The highest BCUT2D eigenvalue weighted by Gasteiger charge is 2.17. The lowest BCUT2D eigenvalue weighted by atomic mass is 10.1. The van der Waals surface area contributed by atoms with Gasteiger partial charge in [0.2, 0.25) is 10.0 Å². The zero-order chi connectivity index (χ0) is 17.7. The summed E-state index contributed by atoms with van der Waals surface area (Å²) in [5.41, 5.74) is 1.11. The molecule has 0 spiro atoms. The van der Waals surface area contributed by atoms with Gasteiger partial charge in [-0.05, 0) is 80.7 Å². The fourth-order valence-corrected chi connectivity index (χ4v) is 3.99. The maximum absolute atomic E-state index is 12.4. The van der Waals surface area contributed by atoms with Gasteiger partial charge in [0.1, 0.15) is 11.5 Å². The summed E-state index contributed by atoms with van der Waals surface area (Å²) >= 11 is 0. The molecule has 0 saturated carbocycles. The van der Waals surface area contributed by atoms with Crippen LogP contribution in [0, 0.1) is 12.8 Å². The van der Waals surface area contributed by atoms with Crippen molar-refractivity contribution in [3.8, 4) is 11.5 Å². The lowest BCUT2D eigenvalue weighted by Crippen LogP contribution is -2.26. The molecule has 0 bridgehead atoms. The summed E-state index contributed by atoms with van der Waals surface area (Å²) < 4.78 is 33.1. The number of halogens is 1. The Bertz CT molecular complexity index is 804. The van der Waals surface area contributed by atoms with E-state index in [9.17, 15) is 8.42 Å². The Hall–Kier alpha value is -1.60. The maximum Gasteiger partial charge on any atom is 0.240 e. The smallest absolute Gasteiger partial charge is 0.240 e. The first-order chi connectivity index (χ1) is 12.0. The molecule has 2 N–H and O–H groups in total. The van der Waals surface area contributed by atoms with Crippen molar-refractivity contribution < 1.29 is 13.2 Å². The highest BCUT2D eigenvalue weighted by atomic mass is 35.5. The number of rotatable bonds is 7. The standard InChI is InChI=1S/C19H24N2O3S.ClH/c1-15-3-2-4-18(13-15)24-17-5-7-19(8-6-17)25(22,23)21-12-10-16-9-11-20-14-16;/h2-8,13,16,20-21H,9-12,14H2,1H3;1H. The molecule has 1 saturated heterocycles. The van der Waals surface area contributed by atoms with Crippen molar-refractivity contribution in [3.05, 3.63) is 54.1 Å². The first-order valence-corrected chi connectivity index (χ1v) is 10.1. The van der Waals surface area contributed by atoms with Crippen LogP contribution < -0.4 is 14.8 Å². The second kappa shape index (κ2) is 9.37. The van der Waals surface area contributed by atoms with Gasteiger partial charge in [-0.25, -0.2) is 13.1 Å². The summed E-state index contributed by atoms with van der Waals surface area (Å²) in [6.07, 6.45) is 1.98. The van der Waals surface area contributed by atoms with Gasteiger partial charge in [-0.15, -0.1) is 12.4 Å². The van der Waals surface area contributed by atoms with Crippen LogP contribution in [0.15, 0.2) is 53.4 Å². The van der Waals surface area contributed by atoms with Crippen LogP contribution in [0.4, 0.5) is 0 Å². The molecule has 0 amide bonds. The molecule has 7 heteroatoms. The second-order valence-electron chi connectivity index (χ2n) is 6.44. The molecule has 2 aromatic rings. The molecule has 1 aliphatic heterocycles. The zero-order valence-corrected chi connectivity index (χ0v) is 16.4. The molecule has 1 fully saturated rings. The van der Waals surface area contributed by atoms with Crippen molar-refractivity contribution in [2.24, 2.45) is 5.92 Å². The summed E-state index contributed by atoms with van der Waals surface area (Å²) in [5, 5.41) is 3.29. The van der Waals surface area contributed by atoms with Crippen molar-refractivity contribution >= 4 is 22.4 Å². The van der Waals surface area contributed by atoms with Crippen molar-refractivity contribution in [1.82, 2.24) is 10.0 Å². The van der Waals surface area contributed by atoms with E-state index < -0.39 is 10.0 Å². The molecule has 142 valence electrons. The molecule has 3 rings (SSSR count).